The molecule has 0 saturated heterocycles. The molecular formula is C15H16F3NO5S. The second kappa shape index (κ2) is 6.68. The Bertz CT molecular complexity index is 915. The number of fused-ring (bicyclic) bond motifs is 1. The van der Waals surface area contributed by atoms with Crippen LogP contribution in [0.3, 0.4) is 0 Å². The van der Waals surface area contributed by atoms with Gasteiger partial charge in [0.25, 0.3) is 10.1 Å². The van der Waals surface area contributed by atoms with Gasteiger partial charge in [-0.3, -0.25) is 4.55 Å². The van der Waals surface area contributed by atoms with Gasteiger partial charge in [0, 0.05) is 18.0 Å². The maximum absolute atomic E-state index is 13.4. The van der Waals surface area contributed by atoms with Crippen LogP contribution in [0.25, 0.3) is 10.9 Å². The van der Waals surface area contributed by atoms with E-state index in [1.807, 2.05) is 0 Å². The number of alkyl halides is 3. The maximum Gasteiger partial charge on any atom is 0.417 e. The van der Waals surface area contributed by atoms with Crippen molar-refractivity contribution in [3.63, 3.8) is 0 Å². The van der Waals surface area contributed by atoms with Crippen LogP contribution in [0.15, 0.2) is 18.2 Å². The summed E-state index contributed by atoms with van der Waals surface area (Å²) >= 11 is 0. The number of benzene rings is 1. The van der Waals surface area contributed by atoms with Crippen molar-refractivity contribution in [1.29, 1.82) is 0 Å². The number of carbonyl (C=O) groups excluding carboxylic acids is 1. The third kappa shape index (κ3) is 4.31. The Hall–Kier alpha value is -2.07. The molecule has 25 heavy (non-hydrogen) atoms. The van der Waals surface area contributed by atoms with Gasteiger partial charge in [-0.1, -0.05) is 0 Å². The summed E-state index contributed by atoms with van der Waals surface area (Å²) in [6.45, 7) is 1.65. The fourth-order valence-electron chi connectivity index (χ4n) is 2.52. The fraction of sp³-hybridized carbons (Fsp3) is 0.400. The number of ether oxygens (including phenoxy) is 1. The van der Waals surface area contributed by atoms with E-state index < -0.39 is 33.6 Å². The highest BCUT2D eigenvalue weighted by atomic mass is 32.2. The molecular weight excluding hydrogens is 363 g/mol. The largest absolute Gasteiger partial charge is 0.461 e. The molecule has 138 valence electrons. The number of hydrogen-bond acceptors (Lipinski definition) is 4. The normalized spacial score (nSPS) is 12.6. The minimum absolute atomic E-state index is 0.0470. The van der Waals surface area contributed by atoms with E-state index in [0.29, 0.717) is 0 Å². The van der Waals surface area contributed by atoms with Crippen molar-refractivity contribution >= 4 is 27.0 Å². The molecule has 0 spiro atoms. The molecule has 1 aromatic heterocycles. The topological polar surface area (TPSA) is 85.6 Å². The van der Waals surface area contributed by atoms with E-state index in [0.717, 1.165) is 12.1 Å². The fourth-order valence-corrected chi connectivity index (χ4v) is 3.01. The van der Waals surface area contributed by atoms with Gasteiger partial charge in [0.1, 0.15) is 5.69 Å². The number of halogens is 3. The Kier molecular flexibility index (Phi) is 5.14. The monoisotopic (exact) mass is 379 g/mol. The lowest BCUT2D eigenvalue weighted by Gasteiger charge is -2.11. The number of hydrogen-bond donors (Lipinski definition) is 1. The highest BCUT2D eigenvalue weighted by Crippen LogP contribution is 2.37. The third-order valence-corrected chi connectivity index (χ3v) is 4.38. The van der Waals surface area contributed by atoms with Crippen LogP contribution in [-0.4, -0.2) is 35.9 Å². The molecule has 1 heterocycles. The highest BCUT2D eigenvalue weighted by Gasteiger charge is 2.34. The molecule has 0 aliphatic rings. The molecule has 0 aliphatic heterocycles. The van der Waals surface area contributed by atoms with E-state index in [9.17, 15) is 26.4 Å². The number of aromatic nitrogens is 1. The lowest BCUT2D eigenvalue weighted by atomic mass is 10.0. The molecule has 10 heteroatoms. The Morgan fingerprint density at radius 3 is 2.44 bits per heavy atom. The summed E-state index contributed by atoms with van der Waals surface area (Å²) < 4.78 is 76.7. The van der Waals surface area contributed by atoms with Crippen LogP contribution in [0.5, 0.6) is 0 Å². The van der Waals surface area contributed by atoms with Crippen molar-refractivity contribution in [1.82, 2.24) is 4.57 Å². The van der Waals surface area contributed by atoms with Crippen LogP contribution in [0, 0.1) is 0 Å². The predicted octanol–water partition coefficient (Wildman–Crippen LogP) is 2.80. The summed E-state index contributed by atoms with van der Waals surface area (Å²) in [5.74, 6) is -1.46. The molecule has 0 radical (unpaired) electrons. The molecule has 1 aromatic carbocycles. The average molecular weight is 379 g/mol. The zero-order chi connectivity index (χ0) is 19.0. The average Bonchev–Trinajstić information content (AvgIpc) is 2.80. The second-order valence-electron chi connectivity index (χ2n) is 5.42. The Morgan fingerprint density at radius 1 is 1.28 bits per heavy atom. The lowest BCUT2D eigenvalue weighted by molar-refractivity contribution is -0.136. The molecule has 0 bridgehead atoms. The predicted molar refractivity (Wildman–Crippen MR) is 84.0 cm³/mol. The number of nitrogens with zero attached hydrogens (tertiary/aromatic N) is 1. The first-order chi connectivity index (χ1) is 11.4. The summed E-state index contributed by atoms with van der Waals surface area (Å²) in [6, 6.07) is 3.28. The van der Waals surface area contributed by atoms with Crippen LogP contribution in [0.4, 0.5) is 13.2 Å². The number of carbonyl (C=O) groups is 1. The number of rotatable bonds is 5. The van der Waals surface area contributed by atoms with Crippen molar-refractivity contribution in [3.05, 3.63) is 35.0 Å². The molecule has 0 aliphatic carbocycles. The summed E-state index contributed by atoms with van der Waals surface area (Å²) in [5.41, 5.74) is -0.840. The molecule has 2 aromatic rings. The first-order valence-corrected chi connectivity index (χ1v) is 8.86. The van der Waals surface area contributed by atoms with Gasteiger partial charge in [-0.25, -0.2) is 4.79 Å². The molecule has 0 saturated carbocycles. The molecule has 0 atom stereocenters. The maximum atomic E-state index is 13.4. The Morgan fingerprint density at radius 2 is 1.92 bits per heavy atom. The van der Waals surface area contributed by atoms with Gasteiger partial charge < -0.3 is 9.30 Å². The van der Waals surface area contributed by atoms with Crippen molar-refractivity contribution in [3.8, 4) is 0 Å². The highest BCUT2D eigenvalue weighted by molar-refractivity contribution is 7.85. The standard InChI is InChI=1S/C15H16F3NO5S/c1-3-24-14(20)13-8-10-11(15(16,17)18)6-9(4-5-25(21,22)23)7-12(10)19(13)2/h6-8H,3-5H2,1-2H3,(H,21,22,23). The molecule has 2 rings (SSSR count). The Labute approximate surface area is 141 Å². The zero-order valence-electron chi connectivity index (χ0n) is 13.4. The van der Waals surface area contributed by atoms with Crippen molar-refractivity contribution < 1.29 is 35.7 Å². The number of aryl methyl sites for hydroxylation is 2. The first kappa shape index (κ1) is 19.3. The minimum atomic E-state index is -4.69. The van der Waals surface area contributed by atoms with Crippen LogP contribution >= 0.6 is 0 Å². The third-order valence-electron chi connectivity index (χ3n) is 3.66. The van der Waals surface area contributed by atoms with Crippen molar-refractivity contribution in [2.24, 2.45) is 7.05 Å². The van der Waals surface area contributed by atoms with Crippen LogP contribution in [0.1, 0.15) is 28.5 Å². The minimum Gasteiger partial charge on any atom is -0.461 e. The van der Waals surface area contributed by atoms with Gasteiger partial charge in [0.05, 0.1) is 17.9 Å². The smallest absolute Gasteiger partial charge is 0.417 e. The van der Waals surface area contributed by atoms with Crippen LogP contribution in [-0.2, 0) is 34.5 Å². The van der Waals surface area contributed by atoms with Gasteiger partial charge in [0.2, 0.25) is 0 Å². The molecule has 0 fully saturated rings. The van der Waals surface area contributed by atoms with E-state index in [-0.39, 0.29) is 35.2 Å². The van der Waals surface area contributed by atoms with E-state index in [2.05, 4.69) is 0 Å². The molecule has 0 amide bonds. The molecule has 0 unspecified atom stereocenters. The second-order valence-corrected chi connectivity index (χ2v) is 6.99. The first-order valence-electron chi connectivity index (χ1n) is 7.26. The van der Waals surface area contributed by atoms with E-state index in [1.165, 1.54) is 17.7 Å². The summed E-state index contributed by atoms with van der Waals surface area (Å²) in [5, 5.41) is -0.186. The van der Waals surface area contributed by atoms with E-state index in [4.69, 9.17) is 9.29 Å². The van der Waals surface area contributed by atoms with Gasteiger partial charge in [-0.2, -0.15) is 21.6 Å². The SMILES string of the molecule is CCOC(=O)c1cc2c(C(F)(F)F)cc(CCS(=O)(=O)O)cc2n1C. The number of esters is 1. The summed E-state index contributed by atoms with van der Waals surface area (Å²) in [6.07, 6.45) is -4.99. The van der Waals surface area contributed by atoms with Crippen molar-refractivity contribution in [2.45, 2.75) is 19.5 Å². The molecule has 6 nitrogen and oxygen atoms in total. The van der Waals surface area contributed by atoms with Crippen molar-refractivity contribution in [2.75, 3.05) is 12.4 Å². The van der Waals surface area contributed by atoms with Gasteiger partial charge in [-0.05, 0) is 37.1 Å². The van der Waals surface area contributed by atoms with E-state index >= 15 is 0 Å². The summed E-state index contributed by atoms with van der Waals surface area (Å²) in [7, 11) is -2.89. The zero-order valence-corrected chi connectivity index (χ0v) is 14.2. The quantitative estimate of drug-likeness (QED) is 0.638. The van der Waals surface area contributed by atoms with Crippen LogP contribution in [0.2, 0.25) is 0 Å². The van der Waals surface area contributed by atoms with E-state index in [1.54, 1.807) is 6.92 Å². The molecule has 1 N–H and O–H groups in total. The summed E-state index contributed by atoms with van der Waals surface area (Å²) in [4.78, 5) is 11.9. The van der Waals surface area contributed by atoms with Gasteiger partial charge in [0.15, 0.2) is 0 Å². The Balaban J connectivity index is 2.64. The van der Waals surface area contributed by atoms with Crippen LogP contribution < -0.4 is 0 Å². The lowest BCUT2D eigenvalue weighted by Crippen LogP contribution is -2.10. The van der Waals surface area contributed by atoms with Gasteiger partial charge >= 0.3 is 12.1 Å². The van der Waals surface area contributed by atoms with Gasteiger partial charge in [-0.15, -0.1) is 0 Å².